The fourth-order valence-electron chi connectivity index (χ4n) is 3.43. The van der Waals surface area contributed by atoms with Crippen molar-refractivity contribution in [3.05, 3.63) is 48.2 Å². The van der Waals surface area contributed by atoms with Gasteiger partial charge in [-0.3, -0.25) is 9.69 Å². The molecule has 2 fully saturated rings. The van der Waals surface area contributed by atoms with Crippen molar-refractivity contribution < 1.29 is 18.7 Å². The van der Waals surface area contributed by atoms with Gasteiger partial charge in [0.2, 0.25) is 0 Å². The number of morpholine rings is 1. The van der Waals surface area contributed by atoms with Gasteiger partial charge in [-0.25, -0.2) is 0 Å². The van der Waals surface area contributed by atoms with Gasteiger partial charge in [0.25, 0.3) is 5.91 Å². The SMILES string of the molecule is O=C(N[C@H]1COC[C@@H]1N1CCOCC1)c1ccc(-c2ccco2)cc1. The Labute approximate surface area is 146 Å². The van der Waals surface area contributed by atoms with Crippen molar-refractivity contribution in [2.45, 2.75) is 12.1 Å². The van der Waals surface area contributed by atoms with E-state index >= 15 is 0 Å². The lowest BCUT2D eigenvalue weighted by atomic mass is 10.1. The zero-order valence-electron chi connectivity index (χ0n) is 14.0. The third-order valence-electron chi connectivity index (χ3n) is 4.83. The highest BCUT2D eigenvalue weighted by atomic mass is 16.5. The molecule has 2 aromatic rings. The van der Waals surface area contributed by atoms with Gasteiger partial charge >= 0.3 is 0 Å². The Morgan fingerprint density at radius 2 is 1.84 bits per heavy atom. The Morgan fingerprint density at radius 3 is 2.56 bits per heavy atom. The molecular weight excluding hydrogens is 320 g/mol. The second kappa shape index (κ2) is 7.39. The maximum atomic E-state index is 12.6. The minimum atomic E-state index is -0.0697. The Kier molecular flexibility index (Phi) is 4.83. The molecule has 2 atom stereocenters. The highest BCUT2D eigenvalue weighted by molar-refractivity contribution is 5.94. The normalized spacial score (nSPS) is 24.3. The van der Waals surface area contributed by atoms with Gasteiger partial charge in [0.05, 0.1) is 44.8 Å². The molecule has 0 spiro atoms. The number of carbonyl (C=O) groups excluding carboxylic acids is 1. The first-order chi connectivity index (χ1) is 12.3. The van der Waals surface area contributed by atoms with Crippen LogP contribution >= 0.6 is 0 Å². The lowest BCUT2D eigenvalue weighted by Gasteiger charge is -2.34. The van der Waals surface area contributed by atoms with Gasteiger partial charge in [0, 0.05) is 24.2 Å². The molecule has 6 nitrogen and oxygen atoms in total. The maximum Gasteiger partial charge on any atom is 0.251 e. The van der Waals surface area contributed by atoms with Crippen LogP contribution in [-0.4, -0.2) is 62.4 Å². The summed E-state index contributed by atoms with van der Waals surface area (Å²) < 4.78 is 16.4. The van der Waals surface area contributed by atoms with Crippen LogP contribution in [0.2, 0.25) is 0 Å². The summed E-state index contributed by atoms with van der Waals surface area (Å²) in [5, 5.41) is 3.13. The molecule has 3 heterocycles. The first kappa shape index (κ1) is 16.3. The number of nitrogens with zero attached hydrogens (tertiary/aromatic N) is 1. The fraction of sp³-hybridized carbons (Fsp3) is 0.421. The van der Waals surface area contributed by atoms with Crippen molar-refractivity contribution in [1.29, 1.82) is 0 Å². The largest absolute Gasteiger partial charge is 0.464 e. The first-order valence-electron chi connectivity index (χ1n) is 8.65. The Morgan fingerprint density at radius 1 is 1.04 bits per heavy atom. The molecule has 0 unspecified atom stereocenters. The standard InChI is InChI=1S/C19H22N2O4/c22-19(15-5-3-14(4-6-15)18-2-1-9-25-18)20-16-12-24-13-17(16)21-7-10-23-11-8-21/h1-6,9,16-17H,7-8,10-13H2,(H,20,22)/t16-,17-/m0/s1. The van der Waals surface area contributed by atoms with Crippen LogP contribution in [0.5, 0.6) is 0 Å². The Hall–Kier alpha value is -2.15. The molecule has 1 aromatic carbocycles. The number of furan rings is 1. The van der Waals surface area contributed by atoms with Crippen molar-refractivity contribution in [1.82, 2.24) is 10.2 Å². The lowest BCUT2D eigenvalue weighted by molar-refractivity contribution is 0.0108. The molecule has 2 aliphatic heterocycles. The van der Waals surface area contributed by atoms with E-state index in [-0.39, 0.29) is 18.0 Å². The zero-order chi connectivity index (χ0) is 17.1. The first-order valence-corrected chi connectivity index (χ1v) is 8.65. The summed E-state index contributed by atoms with van der Waals surface area (Å²) in [6.07, 6.45) is 1.64. The molecule has 0 aliphatic carbocycles. The molecule has 132 valence electrons. The van der Waals surface area contributed by atoms with Crippen molar-refractivity contribution in [3.63, 3.8) is 0 Å². The summed E-state index contributed by atoms with van der Waals surface area (Å²) in [4.78, 5) is 14.9. The summed E-state index contributed by atoms with van der Waals surface area (Å²) >= 11 is 0. The van der Waals surface area contributed by atoms with E-state index in [0.29, 0.717) is 18.8 Å². The predicted molar refractivity (Wildman–Crippen MR) is 92.4 cm³/mol. The highest BCUT2D eigenvalue weighted by Crippen LogP contribution is 2.20. The summed E-state index contributed by atoms with van der Waals surface area (Å²) in [6.45, 7) is 4.47. The van der Waals surface area contributed by atoms with Crippen LogP contribution in [0.15, 0.2) is 47.1 Å². The molecule has 1 amide bonds. The third kappa shape index (κ3) is 3.61. The molecule has 0 radical (unpaired) electrons. The van der Waals surface area contributed by atoms with Crippen molar-refractivity contribution in [2.24, 2.45) is 0 Å². The van der Waals surface area contributed by atoms with Gasteiger partial charge in [-0.1, -0.05) is 12.1 Å². The smallest absolute Gasteiger partial charge is 0.251 e. The molecular formula is C19H22N2O4. The number of amides is 1. The van der Waals surface area contributed by atoms with Gasteiger partial charge in [-0.05, 0) is 24.3 Å². The van der Waals surface area contributed by atoms with E-state index < -0.39 is 0 Å². The van der Waals surface area contributed by atoms with Crippen LogP contribution in [0.1, 0.15) is 10.4 Å². The van der Waals surface area contributed by atoms with Crippen LogP contribution in [0.3, 0.4) is 0 Å². The molecule has 0 saturated carbocycles. The molecule has 2 aliphatic rings. The minimum absolute atomic E-state index is 0.00958. The Bertz CT molecular complexity index is 693. The summed E-state index contributed by atoms with van der Waals surface area (Å²) in [5.74, 6) is 0.725. The molecule has 25 heavy (non-hydrogen) atoms. The van der Waals surface area contributed by atoms with Crippen molar-refractivity contribution in [2.75, 3.05) is 39.5 Å². The highest BCUT2D eigenvalue weighted by Gasteiger charge is 2.34. The van der Waals surface area contributed by atoms with E-state index in [9.17, 15) is 4.79 Å². The Balaban J connectivity index is 1.40. The van der Waals surface area contributed by atoms with E-state index in [4.69, 9.17) is 13.9 Å². The third-order valence-corrected chi connectivity index (χ3v) is 4.83. The van der Waals surface area contributed by atoms with Crippen LogP contribution in [0.4, 0.5) is 0 Å². The number of benzene rings is 1. The minimum Gasteiger partial charge on any atom is -0.464 e. The van der Waals surface area contributed by atoms with Crippen LogP contribution in [-0.2, 0) is 9.47 Å². The van der Waals surface area contributed by atoms with Crippen LogP contribution in [0.25, 0.3) is 11.3 Å². The molecule has 1 aromatic heterocycles. The van der Waals surface area contributed by atoms with Gasteiger partial charge in [-0.15, -0.1) is 0 Å². The van der Waals surface area contributed by atoms with Gasteiger partial charge in [0.1, 0.15) is 5.76 Å². The predicted octanol–water partition coefficient (Wildman–Crippen LogP) is 1.78. The molecule has 6 heteroatoms. The average Bonchev–Trinajstić information content (AvgIpc) is 3.35. The van der Waals surface area contributed by atoms with Crippen LogP contribution in [0, 0.1) is 0 Å². The van der Waals surface area contributed by atoms with E-state index in [0.717, 1.165) is 37.6 Å². The van der Waals surface area contributed by atoms with Gasteiger partial charge < -0.3 is 19.2 Å². The van der Waals surface area contributed by atoms with Gasteiger partial charge in [0.15, 0.2) is 0 Å². The van der Waals surface area contributed by atoms with Crippen LogP contribution < -0.4 is 5.32 Å². The number of hydrogen-bond donors (Lipinski definition) is 1. The molecule has 0 bridgehead atoms. The monoisotopic (exact) mass is 342 g/mol. The van der Waals surface area contributed by atoms with E-state index in [1.807, 2.05) is 36.4 Å². The number of carbonyl (C=O) groups is 1. The van der Waals surface area contributed by atoms with Crippen molar-refractivity contribution in [3.8, 4) is 11.3 Å². The van der Waals surface area contributed by atoms with E-state index in [1.165, 1.54) is 0 Å². The topological polar surface area (TPSA) is 63.9 Å². The number of rotatable bonds is 4. The maximum absolute atomic E-state index is 12.6. The van der Waals surface area contributed by atoms with Crippen molar-refractivity contribution >= 4 is 5.91 Å². The van der Waals surface area contributed by atoms with E-state index in [1.54, 1.807) is 6.26 Å². The second-order valence-corrected chi connectivity index (χ2v) is 6.39. The molecule has 1 N–H and O–H groups in total. The zero-order valence-corrected chi connectivity index (χ0v) is 14.0. The number of nitrogens with one attached hydrogen (secondary N) is 1. The summed E-state index contributed by atoms with van der Waals surface area (Å²) in [5.41, 5.74) is 1.60. The lowest BCUT2D eigenvalue weighted by Crippen LogP contribution is -2.54. The summed E-state index contributed by atoms with van der Waals surface area (Å²) in [7, 11) is 0. The fourth-order valence-corrected chi connectivity index (χ4v) is 3.43. The van der Waals surface area contributed by atoms with Gasteiger partial charge in [-0.2, -0.15) is 0 Å². The number of ether oxygens (including phenoxy) is 2. The molecule has 2 saturated heterocycles. The summed E-state index contributed by atoms with van der Waals surface area (Å²) in [6, 6.07) is 11.4. The quantitative estimate of drug-likeness (QED) is 0.918. The van der Waals surface area contributed by atoms with E-state index in [2.05, 4.69) is 10.2 Å². The second-order valence-electron chi connectivity index (χ2n) is 6.39. The average molecular weight is 342 g/mol. The number of hydrogen-bond acceptors (Lipinski definition) is 5. The molecule has 4 rings (SSSR count).